The van der Waals surface area contributed by atoms with E-state index in [0.717, 1.165) is 25.6 Å². The van der Waals surface area contributed by atoms with Gasteiger partial charge in [-0.2, -0.15) is 13.2 Å². The number of methoxy groups -OCH3 is 1. The van der Waals surface area contributed by atoms with Gasteiger partial charge in [-0.15, -0.1) is 24.0 Å². The zero-order valence-electron chi connectivity index (χ0n) is 18.5. The van der Waals surface area contributed by atoms with Gasteiger partial charge >= 0.3 is 6.18 Å². The van der Waals surface area contributed by atoms with Gasteiger partial charge in [0.25, 0.3) is 0 Å². The first-order chi connectivity index (χ1) is 14.2. The second kappa shape index (κ2) is 13.3. The Bertz CT molecular complexity index is 702. The SMILES string of the molecule is CN=C(NCc1ccc(OC(C)C)cc1C(F)(F)F)N1CCC(COCCOC)C1.I. The molecule has 1 fully saturated rings. The minimum Gasteiger partial charge on any atom is -0.491 e. The van der Waals surface area contributed by atoms with Crippen molar-refractivity contribution >= 4 is 29.9 Å². The molecule has 178 valence electrons. The average Bonchev–Trinajstić information content (AvgIpc) is 3.14. The molecule has 1 atom stereocenters. The lowest BCUT2D eigenvalue weighted by Crippen LogP contribution is -2.40. The Balaban J connectivity index is 0.00000480. The molecule has 0 radical (unpaired) electrons. The van der Waals surface area contributed by atoms with Crippen molar-refractivity contribution in [1.82, 2.24) is 10.2 Å². The molecule has 1 aromatic carbocycles. The van der Waals surface area contributed by atoms with E-state index in [2.05, 4.69) is 10.3 Å². The third-order valence-electron chi connectivity index (χ3n) is 4.78. The lowest BCUT2D eigenvalue weighted by atomic mass is 10.1. The third kappa shape index (κ3) is 9.01. The normalized spacial score (nSPS) is 17.1. The van der Waals surface area contributed by atoms with E-state index in [1.807, 2.05) is 4.90 Å². The number of benzene rings is 1. The van der Waals surface area contributed by atoms with Crippen LogP contribution in [0.4, 0.5) is 13.2 Å². The van der Waals surface area contributed by atoms with Gasteiger partial charge in [-0.1, -0.05) is 6.07 Å². The standard InChI is InChI=1S/C21H32F3N3O3.HI/c1-15(2)30-18-6-5-17(19(11-18)21(22,23)24)12-26-20(25-3)27-8-7-16(13-27)14-29-10-9-28-4;/h5-6,11,15-16H,7-10,12-14H2,1-4H3,(H,25,26);1H. The second-order valence-corrected chi connectivity index (χ2v) is 7.55. The molecule has 0 aromatic heterocycles. The number of nitrogens with zero attached hydrogens (tertiary/aromatic N) is 2. The summed E-state index contributed by atoms with van der Waals surface area (Å²) in [7, 11) is 3.26. The molecule has 1 unspecified atom stereocenters. The highest BCUT2D eigenvalue weighted by Crippen LogP contribution is 2.34. The Morgan fingerprint density at radius 3 is 2.65 bits per heavy atom. The fraction of sp³-hybridized carbons (Fsp3) is 0.667. The summed E-state index contributed by atoms with van der Waals surface area (Å²) in [6.45, 7) is 6.85. The molecule has 0 bridgehead atoms. The molecule has 6 nitrogen and oxygen atoms in total. The van der Waals surface area contributed by atoms with Crippen LogP contribution in [0.1, 0.15) is 31.4 Å². The van der Waals surface area contributed by atoms with Gasteiger partial charge in [0, 0.05) is 39.7 Å². The van der Waals surface area contributed by atoms with E-state index in [4.69, 9.17) is 14.2 Å². The zero-order valence-corrected chi connectivity index (χ0v) is 20.8. The largest absolute Gasteiger partial charge is 0.491 e. The van der Waals surface area contributed by atoms with Crippen molar-refractivity contribution in [2.24, 2.45) is 10.9 Å². The first-order valence-electron chi connectivity index (χ1n) is 10.1. The summed E-state index contributed by atoms with van der Waals surface area (Å²) in [6, 6.07) is 4.08. The number of ether oxygens (including phenoxy) is 3. The van der Waals surface area contributed by atoms with Crippen LogP contribution < -0.4 is 10.1 Å². The number of nitrogens with one attached hydrogen (secondary N) is 1. The zero-order chi connectivity index (χ0) is 22.1. The van der Waals surface area contributed by atoms with Crippen LogP contribution in [-0.4, -0.2) is 64.0 Å². The smallest absolute Gasteiger partial charge is 0.416 e. The van der Waals surface area contributed by atoms with Crippen molar-refractivity contribution in [3.63, 3.8) is 0 Å². The van der Waals surface area contributed by atoms with Crippen molar-refractivity contribution in [3.8, 4) is 5.75 Å². The van der Waals surface area contributed by atoms with Crippen LogP contribution in [0.3, 0.4) is 0 Å². The summed E-state index contributed by atoms with van der Waals surface area (Å²) in [5.41, 5.74) is -0.548. The molecule has 1 aromatic rings. The Morgan fingerprint density at radius 2 is 2.03 bits per heavy atom. The van der Waals surface area contributed by atoms with Crippen LogP contribution in [0, 0.1) is 5.92 Å². The molecule has 0 saturated carbocycles. The summed E-state index contributed by atoms with van der Waals surface area (Å²) < 4.78 is 56.6. The van der Waals surface area contributed by atoms with Gasteiger partial charge in [-0.05, 0) is 38.0 Å². The van der Waals surface area contributed by atoms with Gasteiger partial charge in [-0.3, -0.25) is 4.99 Å². The molecule has 0 spiro atoms. The van der Waals surface area contributed by atoms with Crippen molar-refractivity contribution in [3.05, 3.63) is 29.3 Å². The van der Waals surface area contributed by atoms with E-state index in [0.29, 0.717) is 31.7 Å². The molecule has 1 aliphatic rings. The molecular formula is C21H33F3IN3O3. The maximum absolute atomic E-state index is 13.6. The van der Waals surface area contributed by atoms with Crippen LogP contribution >= 0.6 is 24.0 Å². The first-order valence-corrected chi connectivity index (χ1v) is 10.1. The van der Waals surface area contributed by atoms with Gasteiger partial charge in [-0.25, -0.2) is 0 Å². The molecule has 31 heavy (non-hydrogen) atoms. The molecule has 1 N–H and O–H groups in total. The number of rotatable bonds is 9. The van der Waals surface area contributed by atoms with Crippen LogP contribution in [0.2, 0.25) is 0 Å². The van der Waals surface area contributed by atoms with Crippen LogP contribution in [0.15, 0.2) is 23.2 Å². The topological polar surface area (TPSA) is 55.3 Å². The fourth-order valence-electron chi connectivity index (χ4n) is 3.38. The summed E-state index contributed by atoms with van der Waals surface area (Å²) in [5.74, 6) is 1.16. The maximum atomic E-state index is 13.6. The molecule has 1 saturated heterocycles. The molecule has 0 amide bonds. The van der Waals surface area contributed by atoms with Crippen LogP contribution in [0.5, 0.6) is 5.75 Å². The molecule has 1 heterocycles. The summed E-state index contributed by atoms with van der Waals surface area (Å²) in [5, 5.41) is 3.07. The molecule has 2 rings (SSSR count). The van der Waals surface area contributed by atoms with E-state index in [-0.39, 0.29) is 47.9 Å². The fourth-order valence-corrected chi connectivity index (χ4v) is 3.38. The van der Waals surface area contributed by atoms with E-state index < -0.39 is 11.7 Å². The minimum atomic E-state index is -4.46. The number of likely N-dealkylation sites (tertiary alicyclic amines) is 1. The van der Waals surface area contributed by atoms with E-state index in [1.54, 1.807) is 34.1 Å². The highest BCUT2D eigenvalue weighted by Gasteiger charge is 2.34. The lowest BCUT2D eigenvalue weighted by Gasteiger charge is -2.23. The van der Waals surface area contributed by atoms with Crippen LogP contribution in [0.25, 0.3) is 0 Å². The first kappa shape index (κ1) is 27.8. The Labute approximate surface area is 199 Å². The number of guanidine groups is 1. The molecule has 0 aliphatic carbocycles. The van der Waals surface area contributed by atoms with E-state index >= 15 is 0 Å². The van der Waals surface area contributed by atoms with Gasteiger partial charge in [0.05, 0.1) is 31.5 Å². The predicted octanol–water partition coefficient (Wildman–Crippen LogP) is 4.17. The Morgan fingerprint density at radius 1 is 1.29 bits per heavy atom. The van der Waals surface area contributed by atoms with Gasteiger partial charge in [0.1, 0.15) is 5.75 Å². The number of aliphatic imine (C=N–C) groups is 1. The third-order valence-corrected chi connectivity index (χ3v) is 4.78. The van der Waals surface area contributed by atoms with Crippen molar-refractivity contribution in [1.29, 1.82) is 0 Å². The van der Waals surface area contributed by atoms with Crippen molar-refractivity contribution in [2.75, 3.05) is 47.1 Å². The molecular weight excluding hydrogens is 526 g/mol. The van der Waals surface area contributed by atoms with E-state index in [9.17, 15) is 13.2 Å². The van der Waals surface area contributed by atoms with Crippen molar-refractivity contribution < 1.29 is 27.4 Å². The monoisotopic (exact) mass is 559 g/mol. The number of halogens is 4. The molecule has 1 aliphatic heterocycles. The molecule has 10 heteroatoms. The van der Waals surface area contributed by atoms with Gasteiger partial charge in [0.15, 0.2) is 5.96 Å². The minimum absolute atomic E-state index is 0. The van der Waals surface area contributed by atoms with Gasteiger partial charge in [0.2, 0.25) is 0 Å². The quantitative estimate of drug-likeness (QED) is 0.213. The van der Waals surface area contributed by atoms with Crippen LogP contribution in [-0.2, 0) is 22.2 Å². The van der Waals surface area contributed by atoms with Crippen molar-refractivity contribution in [2.45, 2.75) is 39.1 Å². The summed E-state index contributed by atoms with van der Waals surface area (Å²) in [4.78, 5) is 6.29. The number of hydrogen-bond acceptors (Lipinski definition) is 4. The summed E-state index contributed by atoms with van der Waals surface area (Å²) >= 11 is 0. The summed E-state index contributed by atoms with van der Waals surface area (Å²) in [6.07, 6.45) is -3.71. The highest BCUT2D eigenvalue weighted by molar-refractivity contribution is 14.0. The number of alkyl halides is 3. The van der Waals surface area contributed by atoms with Gasteiger partial charge < -0.3 is 24.4 Å². The highest BCUT2D eigenvalue weighted by atomic mass is 127. The van der Waals surface area contributed by atoms with E-state index in [1.165, 1.54) is 6.07 Å². The lowest BCUT2D eigenvalue weighted by molar-refractivity contribution is -0.138. The average molecular weight is 559 g/mol. The Kier molecular flexibility index (Phi) is 11.9. The Hall–Kier alpha value is -1.27. The maximum Gasteiger partial charge on any atom is 0.416 e. The second-order valence-electron chi connectivity index (χ2n) is 7.55. The number of hydrogen-bond donors (Lipinski definition) is 1. The predicted molar refractivity (Wildman–Crippen MR) is 125 cm³/mol.